The summed E-state index contributed by atoms with van der Waals surface area (Å²) >= 11 is 0. The Kier molecular flexibility index (Phi) is 17.6. The smallest absolute Gasteiger partial charge is 0.156 e. The molecule has 0 aliphatic heterocycles. The van der Waals surface area contributed by atoms with Gasteiger partial charge in [-0.2, -0.15) is 0 Å². The zero-order valence-electron chi connectivity index (χ0n) is 15.5. The van der Waals surface area contributed by atoms with Gasteiger partial charge in [0.15, 0.2) is 6.29 Å². The molecular formula is C20H41NO2. The quantitative estimate of drug-likeness (QED) is 0.165. The van der Waals surface area contributed by atoms with Crippen molar-refractivity contribution < 1.29 is 10.2 Å². The second kappa shape index (κ2) is 17.9. The maximum atomic E-state index is 8.76. The molecule has 0 aromatic carbocycles. The second-order valence-electron chi connectivity index (χ2n) is 6.99. The summed E-state index contributed by atoms with van der Waals surface area (Å²) < 4.78 is 0. The summed E-state index contributed by atoms with van der Waals surface area (Å²) in [7, 11) is 0. The molecule has 0 saturated carbocycles. The van der Waals surface area contributed by atoms with Crippen molar-refractivity contribution in [1.82, 2.24) is 0 Å². The van der Waals surface area contributed by atoms with E-state index in [1.807, 2.05) is 0 Å². The van der Waals surface area contributed by atoms with Crippen LogP contribution in [0.1, 0.15) is 116 Å². The van der Waals surface area contributed by atoms with Gasteiger partial charge in [0, 0.05) is 12.1 Å². The summed E-state index contributed by atoms with van der Waals surface area (Å²) in [5, 5.41) is 25.1. The molecule has 23 heavy (non-hydrogen) atoms. The van der Waals surface area contributed by atoms with Gasteiger partial charge in [0.05, 0.1) is 0 Å². The maximum absolute atomic E-state index is 8.76. The van der Waals surface area contributed by atoms with Crippen LogP contribution in [0.5, 0.6) is 0 Å². The van der Waals surface area contributed by atoms with E-state index in [1.54, 1.807) is 0 Å². The van der Waals surface area contributed by atoms with Crippen LogP contribution < -0.4 is 0 Å². The van der Waals surface area contributed by atoms with E-state index in [0.29, 0.717) is 5.71 Å². The number of aliphatic hydroxyl groups is 2. The van der Waals surface area contributed by atoms with Gasteiger partial charge in [-0.15, -0.1) is 0 Å². The lowest BCUT2D eigenvalue weighted by Crippen LogP contribution is -2.11. The minimum absolute atomic E-state index is 0.110. The normalized spacial score (nSPS) is 11.3. The van der Waals surface area contributed by atoms with Crippen LogP contribution in [0.2, 0.25) is 0 Å². The van der Waals surface area contributed by atoms with Crippen molar-refractivity contribution in [3.8, 4) is 0 Å². The summed E-state index contributed by atoms with van der Waals surface area (Å²) in [6, 6.07) is 0. The minimum atomic E-state index is -1.35. The van der Waals surface area contributed by atoms with Crippen molar-refractivity contribution in [2.75, 3.05) is 0 Å². The second-order valence-corrected chi connectivity index (χ2v) is 6.99. The van der Waals surface area contributed by atoms with Crippen molar-refractivity contribution in [3.05, 3.63) is 0 Å². The van der Waals surface area contributed by atoms with E-state index in [2.05, 4.69) is 6.92 Å². The van der Waals surface area contributed by atoms with Gasteiger partial charge in [0.2, 0.25) is 0 Å². The standard InChI is InChI=1S/C20H41NO2/c1-2-3-4-5-6-7-8-9-10-11-12-13-14-15-16-17-19(21)18-20(22)23/h20-23H,2-18H2,1H3. The van der Waals surface area contributed by atoms with Crippen LogP contribution in [0.15, 0.2) is 0 Å². The third-order valence-electron chi connectivity index (χ3n) is 4.51. The SMILES string of the molecule is CCCCCCCCCCCCCCCCCC(=N)CC(O)O. The predicted molar refractivity (Wildman–Crippen MR) is 100 cm³/mol. The maximum Gasteiger partial charge on any atom is 0.156 e. The van der Waals surface area contributed by atoms with Crippen LogP contribution in [0, 0.1) is 5.41 Å². The Morgan fingerprint density at radius 1 is 0.652 bits per heavy atom. The topological polar surface area (TPSA) is 64.3 Å². The number of hydrogen-bond donors (Lipinski definition) is 3. The van der Waals surface area contributed by atoms with E-state index < -0.39 is 6.29 Å². The first-order chi connectivity index (χ1) is 11.2. The Balaban J connectivity index is 3.06. The number of aliphatic hydroxyl groups excluding tert-OH is 1. The van der Waals surface area contributed by atoms with Gasteiger partial charge in [-0.05, 0) is 12.8 Å². The first kappa shape index (κ1) is 22.6. The fraction of sp³-hybridized carbons (Fsp3) is 0.950. The molecule has 0 aromatic heterocycles. The van der Waals surface area contributed by atoms with Crippen LogP contribution >= 0.6 is 0 Å². The molecule has 138 valence electrons. The highest BCUT2D eigenvalue weighted by molar-refractivity contribution is 5.81. The molecule has 0 aliphatic rings. The molecule has 0 aromatic rings. The first-order valence-electron chi connectivity index (χ1n) is 10.1. The monoisotopic (exact) mass is 327 g/mol. The van der Waals surface area contributed by atoms with Crippen LogP contribution in [0.3, 0.4) is 0 Å². The first-order valence-corrected chi connectivity index (χ1v) is 10.1. The fourth-order valence-electron chi connectivity index (χ4n) is 3.03. The van der Waals surface area contributed by atoms with Crippen LogP contribution in [0.25, 0.3) is 0 Å². The van der Waals surface area contributed by atoms with Crippen molar-refractivity contribution in [2.24, 2.45) is 0 Å². The van der Waals surface area contributed by atoms with Gasteiger partial charge in [0.1, 0.15) is 0 Å². The number of hydrogen-bond acceptors (Lipinski definition) is 3. The van der Waals surface area contributed by atoms with Crippen LogP contribution in [0.4, 0.5) is 0 Å². The summed E-state index contributed by atoms with van der Waals surface area (Å²) in [4.78, 5) is 0. The highest BCUT2D eigenvalue weighted by Gasteiger charge is 2.03. The predicted octanol–water partition coefficient (Wildman–Crippen LogP) is 5.97. The third-order valence-corrected chi connectivity index (χ3v) is 4.51. The molecule has 0 radical (unpaired) electrons. The summed E-state index contributed by atoms with van der Waals surface area (Å²) in [6.45, 7) is 2.27. The molecule has 0 unspecified atom stereocenters. The van der Waals surface area contributed by atoms with Crippen molar-refractivity contribution >= 4 is 5.71 Å². The number of nitrogens with one attached hydrogen (secondary N) is 1. The zero-order valence-corrected chi connectivity index (χ0v) is 15.5. The Labute approximate surface area is 144 Å². The molecule has 0 saturated heterocycles. The van der Waals surface area contributed by atoms with Crippen molar-refractivity contribution in [2.45, 2.75) is 122 Å². The van der Waals surface area contributed by atoms with Gasteiger partial charge >= 0.3 is 0 Å². The minimum Gasteiger partial charge on any atom is -0.368 e. The third kappa shape index (κ3) is 19.5. The van der Waals surface area contributed by atoms with Gasteiger partial charge in [-0.3, -0.25) is 0 Å². The van der Waals surface area contributed by atoms with E-state index >= 15 is 0 Å². The number of unbranched alkanes of at least 4 members (excludes halogenated alkanes) is 14. The molecule has 0 amide bonds. The van der Waals surface area contributed by atoms with E-state index in [1.165, 1.54) is 89.9 Å². The Bertz CT molecular complexity index is 254. The van der Waals surface area contributed by atoms with Crippen molar-refractivity contribution in [3.63, 3.8) is 0 Å². The molecule has 0 atom stereocenters. The van der Waals surface area contributed by atoms with E-state index in [9.17, 15) is 0 Å². The highest BCUT2D eigenvalue weighted by Crippen LogP contribution is 2.14. The van der Waals surface area contributed by atoms with Gasteiger partial charge in [-0.1, -0.05) is 96.8 Å². The Morgan fingerprint density at radius 2 is 1.00 bits per heavy atom. The van der Waals surface area contributed by atoms with Crippen LogP contribution in [-0.2, 0) is 0 Å². The molecule has 0 rings (SSSR count). The molecule has 0 aliphatic carbocycles. The van der Waals surface area contributed by atoms with Crippen molar-refractivity contribution in [1.29, 1.82) is 5.41 Å². The largest absolute Gasteiger partial charge is 0.368 e. The molecule has 0 heterocycles. The van der Waals surface area contributed by atoms with E-state index in [-0.39, 0.29) is 6.42 Å². The summed E-state index contributed by atoms with van der Waals surface area (Å²) in [5.74, 6) is 0. The molecule has 3 heteroatoms. The van der Waals surface area contributed by atoms with Gasteiger partial charge in [-0.25, -0.2) is 0 Å². The summed E-state index contributed by atoms with van der Waals surface area (Å²) in [6.07, 6.45) is 19.7. The van der Waals surface area contributed by atoms with Crippen LogP contribution in [-0.4, -0.2) is 22.2 Å². The highest BCUT2D eigenvalue weighted by atomic mass is 16.5. The van der Waals surface area contributed by atoms with E-state index in [0.717, 1.165) is 12.8 Å². The summed E-state index contributed by atoms with van der Waals surface area (Å²) in [5.41, 5.74) is 0.467. The lowest BCUT2D eigenvalue weighted by molar-refractivity contribution is -0.0330. The Morgan fingerprint density at radius 3 is 1.35 bits per heavy atom. The van der Waals surface area contributed by atoms with Gasteiger partial charge in [0.25, 0.3) is 0 Å². The van der Waals surface area contributed by atoms with Gasteiger partial charge < -0.3 is 15.6 Å². The fourth-order valence-corrected chi connectivity index (χ4v) is 3.03. The average Bonchev–Trinajstić information content (AvgIpc) is 2.50. The molecule has 0 spiro atoms. The lowest BCUT2D eigenvalue weighted by atomic mass is 10.0. The number of rotatable bonds is 18. The molecule has 0 bridgehead atoms. The van der Waals surface area contributed by atoms with E-state index in [4.69, 9.17) is 15.6 Å². The molecular weight excluding hydrogens is 286 g/mol. The molecule has 0 fully saturated rings. The molecule has 3 nitrogen and oxygen atoms in total. The lowest BCUT2D eigenvalue weighted by Gasteiger charge is -2.06. The Hall–Kier alpha value is -0.410. The molecule has 3 N–H and O–H groups in total. The zero-order chi connectivity index (χ0) is 17.2. The average molecular weight is 328 g/mol.